The van der Waals surface area contributed by atoms with Gasteiger partial charge in [-0.05, 0) is 25.3 Å². The summed E-state index contributed by atoms with van der Waals surface area (Å²) in [6.45, 7) is 3.42. The summed E-state index contributed by atoms with van der Waals surface area (Å²) in [5, 5.41) is 15.7. The maximum Gasteiger partial charge on any atom is 0.308 e. The third kappa shape index (κ3) is 5.12. The number of amides is 1. The van der Waals surface area contributed by atoms with Crippen molar-refractivity contribution in [3.63, 3.8) is 0 Å². The Morgan fingerprint density at radius 1 is 1.24 bits per heavy atom. The summed E-state index contributed by atoms with van der Waals surface area (Å²) in [4.78, 5) is 35.6. The van der Waals surface area contributed by atoms with Crippen LogP contribution in [0.1, 0.15) is 41.5 Å². The fourth-order valence-corrected chi connectivity index (χ4v) is 2.93. The molecule has 0 saturated carbocycles. The smallest absolute Gasteiger partial charge is 0.308 e. The molecule has 0 aliphatic carbocycles. The second-order valence-corrected chi connectivity index (χ2v) is 6.51. The van der Waals surface area contributed by atoms with Crippen molar-refractivity contribution in [3.05, 3.63) is 62.3 Å². The van der Waals surface area contributed by atoms with Crippen molar-refractivity contribution >= 4 is 28.9 Å². The summed E-state index contributed by atoms with van der Waals surface area (Å²) in [5.74, 6) is -0.930. The zero-order chi connectivity index (χ0) is 18.4. The van der Waals surface area contributed by atoms with Gasteiger partial charge in [0, 0.05) is 6.07 Å². The van der Waals surface area contributed by atoms with Crippen molar-refractivity contribution < 1.29 is 19.2 Å². The van der Waals surface area contributed by atoms with Gasteiger partial charge in [-0.3, -0.25) is 19.7 Å². The standard InChI is InChI=1S/C17H18N2O5S/c1-11(2)24-16(20)10-13(18-17(21)15-8-5-9-25-15)12-6-3-4-7-14(12)19(22)23/h3-9,11,13H,10H2,1-2H3,(H,18,21). The van der Waals surface area contributed by atoms with Crippen LogP contribution in [0.15, 0.2) is 41.8 Å². The molecule has 0 saturated heterocycles. The predicted molar refractivity (Wildman–Crippen MR) is 93.5 cm³/mol. The van der Waals surface area contributed by atoms with Crippen LogP contribution < -0.4 is 5.32 Å². The van der Waals surface area contributed by atoms with E-state index >= 15 is 0 Å². The summed E-state index contributed by atoms with van der Waals surface area (Å²) in [7, 11) is 0. The number of para-hydroxylation sites is 1. The Kier molecular flexibility index (Phi) is 6.24. The van der Waals surface area contributed by atoms with Gasteiger partial charge in [0.25, 0.3) is 11.6 Å². The number of nitro benzene ring substituents is 1. The normalized spacial score (nSPS) is 11.8. The molecule has 1 amide bonds. The number of nitro groups is 1. The van der Waals surface area contributed by atoms with Crippen molar-refractivity contribution in [2.75, 3.05) is 0 Å². The largest absolute Gasteiger partial charge is 0.463 e. The van der Waals surface area contributed by atoms with Crippen LogP contribution in [0.4, 0.5) is 5.69 Å². The van der Waals surface area contributed by atoms with Gasteiger partial charge in [-0.15, -0.1) is 11.3 Å². The van der Waals surface area contributed by atoms with Crippen LogP contribution in [-0.2, 0) is 9.53 Å². The molecule has 1 N–H and O–H groups in total. The number of carbonyl (C=O) groups is 2. The Balaban J connectivity index is 2.30. The van der Waals surface area contributed by atoms with Crippen molar-refractivity contribution in [2.45, 2.75) is 32.4 Å². The van der Waals surface area contributed by atoms with E-state index in [9.17, 15) is 19.7 Å². The van der Waals surface area contributed by atoms with E-state index in [0.29, 0.717) is 4.88 Å². The predicted octanol–water partition coefficient (Wildman–Crippen LogP) is 3.47. The van der Waals surface area contributed by atoms with Crippen molar-refractivity contribution in [1.29, 1.82) is 0 Å². The number of hydrogen-bond acceptors (Lipinski definition) is 6. The highest BCUT2D eigenvalue weighted by Gasteiger charge is 2.27. The molecule has 0 aliphatic rings. The number of carbonyl (C=O) groups excluding carboxylic acids is 2. The molecule has 1 heterocycles. The van der Waals surface area contributed by atoms with Crippen molar-refractivity contribution in [2.24, 2.45) is 0 Å². The monoisotopic (exact) mass is 362 g/mol. The summed E-state index contributed by atoms with van der Waals surface area (Å²) in [5.41, 5.74) is 0.106. The Morgan fingerprint density at radius 3 is 2.56 bits per heavy atom. The van der Waals surface area contributed by atoms with E-state index in [-0.39, 0.29) is 23.8 Å². The minimum atomic E-state index is -0.859. The SMILES string of the molecule is CC(C)OC(=O)CC(NC(=O)c1cccs1)c1ccccc1[N+](=O)[O-]. The number of nitrogens with zero attached hydrogens (tertiary/aromatic N) is 1. The molecule has 1 aromatic carbocycles. The molecule has 7 nitrogen and oxygen atoms in total. The molecule has 132 valence electrons. The maximum absolute atomic E-state index is 12.4. The highest BCUT2D eigenvalue weighted by molar-refractivity contribution is 7.12. The Labute approximate surface area is 148 Å². The highest BCUT2D eigenvalue weighted by Crippen LogP contribution is 2.28. The zero-order valence-corrected chi connectivity index (χ0v) is 14.6. The van der Waals surface area contributed by atoms with Crippen LogP contribution in [0.3, 0.4) is 0 Å². The lowest BCUT2D eigenvalue weighted by molar-refractivity contribution is -0.385. The lowest BCUT2D eigenvalue weighted by Gasteiger charge is -2.19. The van der Waals surface area contributed by atoms with Crippen LogP contribution in [-0.4, -0.2) is 22.9 Å². The molecular formula is C17H18N2O5S. The fourth-order valence-electron chi connectivity index (χ4n) is 2.30. The number of nitrogens with one attached hydrogen (secondary N) is 1. The molecule has 1 aromatic heterocycles. The average Bonchev–Trinajstić information content (AvgIpc) is 3.08. The van der Waals surface area contributed by atoms with E-state index in [1.807, 2.05) is 0 Å². The van der Waals surface area contributed by atoms with Gasteiger partial charge in [-0.1, -0.05) is 24.3 Å². The van der Waals surface area contributed by atoms with E-state index < -0.39 is 22.8 Å². The van der Waals surface area contributed by atoms with Gasteiger partial charge >= 0.3 is 5.97 Å². The van der Waals surface area contributed by atoms with Crippen LogP contribution >= 0.6 is 11.3 Å². The number of ether oxygens (including phenoxy) is 1. The molecular weight excluding hydrogens is 344 g/mol. The summed E-state index contributed by atoms with van der Waals surface area (Å²) >= 11 is 1.25. The molecule has 0 radical (unpaired) electrons. The average molecular weight is 362 g/mol. The van der Waals surface area contributed by atoms with Gasteiger partial charge in [0.15, 0.2) is 0 Å². The van der Waals surface area contributed by atoms with Crippen LogP contribution in [0.2, 0.25) is 0 Å². The fraction of sp³-hybridized carbons (Fsp3) is 0.294. The van der Waals surface area contributed by atoms with Gasteiger partial charge < -0.3 is 10.1 Å². The number of benzene rings is 1. The second kappa shape index (κ2) is 8.39. The number of thiophene rings is 1. The molecule has 0 spiro atoms. The molecule has 25 heavy (non-hydrogen) atoms. The third-order valence-corrected chi connectivity index (χ3v) is 4.17. The first-order chi connectivity index (χ1) is 11.9. The zero-order valence-electron chi connectivity index (χ0n) is 13.8. The van der Waals surface area contributed by atoms with Crippen LogP contribution in [0.5, 0.6) is 0 Å². The first kappa shape index (κ1) is 18.6. The molecule has 0 bridgehead atoms. The maximum atomic E-state index is 12.4. The number of hydrogen-bond donors (Lipinski definition) is 1. The highest BCUT2D eigenvalue weighted by atomic mass is 32.1. The van der Waals surface area contributed by atoms with Crippen LogP contribution in [0, 0.1) is 10.1 Å². The van der Waals surface area contributed by atoms with E-state index in [1.54, 1.807) is 37.4 Å². The molecule has 0 aliphatic heterocycles. The Hall–Kier alpha value is -2.74. The van der Waals surface area contributed by atoms with Gasteiger partial charge in [-0.2, -0.15) is 0 Å². The van der Waals surface area contributed by atoms with Gasteiger partial charge in [-0.25, -0.2) is 0 Å². The molecule has 2 aromatic rings. The Morgan fingerprint density at radius 2 is 1.96 bits per heavy atom. The molecule has 1 unspecified atom stereocenters. The van der Waals surface area contributed by atoms with Gasteiger partial charge in [0.1, 0.15) is 0 Å². The Bertz CT molecular complexity index is 758. The molecule has 8 heteroatoms. The summed E-state index contributed by atoms with van der Waals surface area (Å²) < 4.78 is 5.12. The quantitative estimate of drug-likeness (QED) is 0.462. The first-order valence-electron chi connectivity index (χ1n) is 7.65. The topological polar surface area (TPSA) is 98.5 Å². The second-order valence-electron chi connectivity index (χ2n) is 5.56. The van der Waals surface area contributed by atoms with Crippen LogP contribution in [0.25, 0.3) is 0 Å². The van der Waals surface area contributed by atoms with Gasteiger partial charge in [0.2, 0.25) is 0 Å². The minimum absolute atomic E-state index is 0.156. The molecule has 1 atom stereocenters. The van der Waals surface area contributed by atoms with E-state index in [2.05, 4.69) is 5.32 Å². The lowest BCUT2D eigenvalue weighted by atomic mass is 10.0. The van der Waals surface area contributed by atoms with E-state index in [0.717, 1.165) is 0 Å². The number of rotatable bonds is 7. The minimum Gasteiger partial charge on any atom is -0.463 e. The molecule has 0 fully saturated rings. The summed E-state index contributed by atoms with van der Waals surface area (Å²) in [6.07, 6.45) is -0.507. The third-order valence-electron chi connectivity index (χ3n) is 3.30. The van der Waals surface area contributed by atoms with E-state index in [4.69, 9.17) is 4.74 Å². The first-order valence-corrected chi connectivity index (χ1v) is 8.53. The van der Waals surface area contributed by atoms with Gasteiger partial charge in [0.05, 0.1) is 33.9 Å². The number of esters is 1. The van der Waals surface area contributed by atoms with Crippen molar-refractivity contribution in [3.8, 4) is 0 Å². The summed E-state index contributed by atoms with van der Waals surface area (Å²) in [6, 6.07) is 8.54. The van der Waals surface area contributed by atoms with Crippen molar-refractivity contribution in [1.82, 2.24) is 5.32 Å². The molecule has 2 rings (SSSR count). The van der Waals surface area contributed by atoms with E-state index in [1.165, 1.54) is 29.5 Å². The lowest BCUT2D eigenvalue weighted by Crippen LogP contribution is -2.31.